The van der Waals surface area contributed by atoms with E-state index in [2.05, 4.69) is 15.2 Å². The van der Waals surface area contributed by atoms with E-state index in [0.29, 0.717) is 41.9 Å². The average molecular weight is 476 g/mol. The van der Waals surface area contributed by atoms with Crippen molar-refractivity contribution >= 4 is 23.4 Å². The zero-order chi connectivity index (χ0) is 24.6. The Balaban J connectivity index is 1.26. The number of anilines is 2. The van der Waals surface area contributed by atoms with Gasteiger partial charge in [0, 0.05) is 18.7 Å². The first-order valence-corrected chi connectivity index (χ1v) is 11.7. The van der Waals surface area contributed by atoms with E-state index < -0.39 is 5.97 Å². The number of aromatic carboxylic acids is 1. The van der Waals surface area contributed by atoms with Gasteiger partial charge in [0.2, 0.25) is 0 Å². The highest BCUT2D eigenvalue weighted by Gasteiger charge is 2.21. The number of nitrogens with one attached hydrogen (secondary N) is 1. The molecule has 1 aliphatic rings. The molecule has 0 bridgehead atoms. The molecule has 3 aromatic rings. The summed E-state index contributed by atoms with van der Waals surface area (Å²) in [5, 5.41) is 12.0. The van der Waals surface area contributed by atoms with Crippen molar-refractivity contribution < 1.29 is 24.2 Å². The van der Waals surface area contributed by atoms with Gasteiger partial charge in [0.15, 0.2) is 0 Å². The maximum Gasteiger partial charge on any atom is 0.335 e. The molecular formula is C27H29N3O5. The number of piperidine rings is 1. The van der Waals surface area contributed by atoms with Gasteiger partial charge in [0.1, 0.15) is 17.3 Å². The summed E-state index contributed by atoms with van der Waals surface area (Å²) >= 11 is 0. The average Bonchev–Trinajstić information content (AvgIpc) is 2.89. The molecule has 35 heavy (non-hydrogen) atoms. The van der Waals surface area contributed by atoms with Gasteiger partial charge in [-0.05, 0) is 74.2 Å². The predicted molar refractivity (Wildman–Crippen MR) is 134 cm³/mol. The topological polar surface area (TPSA) is 101 Å². The molecule has 0 aliphatic carbocycles. The maximum absolute atomic E-state index is 12.6. The van der Waals surface area contributed by atoms with Crippen LogP contribution < -0.4 is 19.7 Å². The highest BCUT2D eigenvalue weighted by atomic mass is 16.5. The smallest absolute Gasteiger partial charge is 0.335 e. The van der Waals surface area contributed by atoms with Gasteiger partial charge in [-0.1, -0.05) is 12.1 Å². The van der Waals surface area contributed by atoms with E-state index >= 15 is 0 Å². The third-order valence-corrected chi connectivity index (χ3v) is 5.92. The monoisotopic (exact) mass is 475 g/mol. The van der Waals surface area contributed by atoms with E-state index in [1.54, 1.807) is 48.7 Å². The molecule has 182 valence electrons. The van der Waals surface area contributed by atoms with E-state index in [0.717, 1.165) is 31.7 Å². The molecule has 1 aliphatic heterocycles. The number of hydrogen-bond acceptors (Lipinski definition) is 6. The van der Waals surface area contributed by atoms with Crippen LogP contribution in [0.2, 0.25) is 0 Å². The minimum absolute atomic E-state index is 0.212. The normalized spacial score (nSPS) is 13.8. The summed E-state index contributed by atoms with van der Waals surface area (Å²) in [6.45, 7) is 4.71. The van der Waals surface area contributed by atoms with Gasteiger partial charge in [-0.25, -0.2) is 9.78 Å². The quantitative estimate of drug-likeness (QED) is 0.462. The largest absolute Gasteiger partial charge is 0.494 e. The maximum atomic E-state index is 12.6. The van der Waals surface area contributed by atoms with Gasteiger partial charge in [0.05, 0.1) is 30.7 Å². The molecule has 8 heteroatoms. The molecule has 4 rings (SSSR count). The van der Waals surface area contributed by atoms with Gasteiger partial charge in [-0.3, -0.25) is 4.79 Å². The molecule has 0 atom stereocenters. The van der Waals surface area contributed by atoms with Crippen LogP contribution in [0.4, 0.5) is 11.5 Å². The Kier molecular flexibility index (Phi) is 7.82. The van der Waals surface area contributed by atoms with E-state index in [4.69, 9.17) is 14.6 Å². The van der Waals surface area contributed by atoms with Crippen molar-refractivity contribution in [2.45, 2.75) is 19.8 Å². The molecule has 0 spiro atoms. The molecule has 1 fully saturated rings. The van der Waals surface area contributed by atoms with E-state index in [9.17, 15) is 9.59 Å². The molecule has 0 unspecified atom stereocenters. The molecule has 2 N–H and O–H groups in total. The number of aromatic nitrogens is 1. The standard InChI is InChI=1S/C27H29N3O5/c1-2-34-23-7-3-5-20(15-23)26(31)29-22-9-10-25(28-17-22)30-13-11-19(12-14-30)18-35-24-8-4-6-21(16-24)27(32)33/h3-10,15-17,19H,2,11-14,18H2,1H3,(H,29,31)(H,32,33). The summed E-state index contributed by atoms with van der Waals surface area (Å²) in [7, 11) is 0. The van der Waals surface area contributed by atoms with Crippen LogP contribution in [0.15, 0.2) is 66.9 Å². The van der Waals surface area contributed by atoms with Crippen LogP contribution >= 0.6 is 0 Å². The number of rotatable bonds is 9. The van der Waals surface area contributed by atoms with Crippen LogP contribution in [-0.2, 0) is 0 Å². The Bertz CT molecular complexity index is 1160. The Hall–Kier alpha value is -4.07. The number of benzene rings is 2. The summed E-state index contributed by atoms with van der Waals surface area (Å²) < 4.78 is 11.3. The van der Waals surface area contributed by atoms with E-state index in [-0.39, 0.29) is 11.5 Å². The predicted octanol–water partition coefficient (Wildman–Crippen LogP) is 4.73. The minimum atomic E-state index is -0.961. The van der Waals surface area contributed by atoms with Crippen LogP contribution in [0.25, 0.3) is 0 Å². The number of pyridine rings is 1. The second kappa shape index (κ2) is 11.4. The van der Waals surface area contributed by atoms with Crippen molar-refractivity contribution in [3.8, 4) is 11.5 Å². The van der Waals surface area contributed by atoms with Crippen LogP contribution in [0.5, 0.6) is 11.5 Å². The SMILES string of the molecule is CCOc1cccc(C(=O)Nc2ccc(N3CCC(COc4cccc(C(=O)O)c4)CC3)nc2)c1. The molecule has 0 saturated carbocycles. The summed E-state index contributed by atoms with van der Waals surface area (Å²) in [4.78, 5) is 30.4. The number of carbonyl (C=O) groups is 2. The third kappa shape index (κ3) is 6.50. The number of ether oxygens (including phenoxy) is 2. The first-order valence-electron chi connectivity index (χ1n) is 11.7. The molecule has 1 aromatic heterocycles. The fourth-order valence-corrected chi connectivity index (χ4v) is 4.01. The third-order valence-electron chi connectivity index (χ3n) is 5.92. The Morgan fingerprint density at radius 3 is 2.34 bits per heavy atom. The van der Waals surface area contributed by atoms with Crippen LogP contribution in [0, 0.1) is 5.92 Å². The number of hydrogen-bond donors (Lipinski definition) is 2. The molecule has 8 nitrogen and oxygen atoms in total. The van der Waals surface area contributed by atoms with Crippen molar-refractivity contribution in [2.24, 2.45) is 5.92 Å². The van der Waals surface area contributed by atoms with Crippen LogP contribution in [0.3, 0.4) is 0 Å². The van der Waals surface area contributed by atoms with E-state index in [1.165, 1.54) is 0 Å². The van der Waals surface area contributed by atoms with Crippen LogP contribution in [-0.4, -0.2) is 48.3 Å². The van der Waals surface area contributed by atoms with Gasteiger partial charge in [-0.2, -0.15) is 0 Å². The number of carboxylic acids is 1. The lowest BCUT2D eigenvalue weighted by Gasteiger charge is -2.32. The number of carbonyl (C=O) groups excluding carboxylic acids is 1. The summed E-state index contributed by atoms with van der Waals surface area (Å²) in [5.41, 5.74) is 1.38. The Morgan fingerprint density at radius 2 is 1.69 bits per heavy atom. The molecule has 0 radical (unpaired) electrons. The van der Waals surface area contributed by atoms with Crippen LogP contribution in [0.1, 0.15) is 40.5 Å². The van der Waals surface area contributed by atoms with Crippen molar-refractivity contribution in [1.29, 1.82) is 0 Å². The zero-order valence-corrected chi connectivity index (χ0v) is 19.6. The van der Waals surface area contributed by atoms with E-state index in [1.807, 2.05) is 25.1 Å². The summed E-state index contributed by atoms with van der Waals surface area (Å²) in [6, 6.07) is 17.4. The number of carboxylic acid groups (broad SMARTS) is 1. The minimum Gasteiger partial charge on any atom is -0.494 e. The lowest BCUT2D eigenvalue weighted by molar-refractivity contribution is 0.0696. The number of amides is 1. The fourth-order valence-electron chi connectivity index (χ4n) is 4.01. The van der Waals surface area contributed by atoms with Crippen molar-refractivity contribution in [3.05, 3.63) is 78.0 Å². The second-order valence-electron chi connectivity index (χ2n) is 8.39. The van der Waals surface area contributed by atoms with Gasteiger partial charge in [-0.15, -0.1) is 0 Å². The van der Waals surface area contributed by atoms with Gasteiger partial charge >= 0.3 is 5.97 Å². The highest BCUT2D eigenvalue weighted by molar-refractivity contribution is 6.04. The van der Waals surface area contributed by atoms with Crippen molar-refractivity contribution in [1.82, 2.24) is 4.98 Å². The Morgan fingerprint density at radius 1 is 1.00 bits per heavy atom. The summed E-state index contributed by atoms with van der Waals surface area (Å²) in [6.07, 6.45) is 3.58. The van der Waals surface area contributed by atoms with Crippen molar-refractivity contribution in [3.63, 3.8) is 0 Å². The fraction of sp³-hybridized carbons (Fsp3) is 0.296. The molecule has 1 amide bonds. The molecular weight excluding hydrogens is 446 g/mol. The van der Waals surface area contributed by atoms with Gasteiger partial charge in [0.25, 0.3) is 5.91 Å². The lowest BCUT2D eigenvalue weighted by Crippen LogP contribution is -2.36. The first kappa shape index (κ1) is 24.1. The highest BCUT2D eigenvalue weighted by Crippen LogP contribution is 2.24. The number of nitrogens with zero attached hydrogens (tertiary/aromatic N) is 2. The summed E-state index contributed by atoms with van der Waals surface area (Å²) in [5.74, 6) is 1.33. The Labute approximate surface area is 204 Å². The molecule has 2 aromatic carbocycles. The first-order chi connectivity index (χ1) is 17.0. The van der Waals surface area contributed by atoms with Gasteiger partial charge < -0.3 is 24.8 Å². The molecule has 1 saturated heterocycles. The molecule has 2 heterocycles. The van der Waals surface area contributed by atoms with Crippen molar-refractivity contribution in [2.75, 3.05) is 36.5 Å². The second-order valence-corrected chi connectivity index (χ2v) is 8.39. The zero-order valence-electron chi connectivity index (χ0n) is 19.6. The lowest BCUT2D eigenvalue weighted by atomic mass is 9.98.